The first-order chi connectivity index (χ1) is 12.5. The van der Waals surface area contributed by atoms with Crippen LogP contribution in [0.15, 0.2) is 23.5 Å². The summed E-state index contributed by atoms with van der Waals surface area (Å²) in [6.45, 7) is 5.21. The first-order valence-corrected chi connectivity index (χ1v) is 9.17. The van der Waals surface area contributed by atoms with E-state index in [1.165, 1.54) is 0 Å². The van der Waals surface area contributed by atoms with Crippen molar-refractivity contribution in [1.82, 2.24) is 15.0 Å². The molecule has 2 aromatic rings. The fourth-order valence-corrected chi connectivity index (χ4v) is 3.55. The van der Waals surface area contributed by atoms with Crippen molar-refractivity contribution in [2.75, 3.05) is 29.9 Å². The van der Waals surface area contributed by atoms with Crippen molar-refractivity contribution < 1.29 is 0 Å². The quantitative estimate of drug-likeness (QED) is 0.781. The van der Waals surface area contributed by atoms with Crippen LogP contribution in [0.4, 0.5) is 11.5 Å². The second-order valence-corrected chi connectivity index (χ2v) is 7.70. The molecule has 4 heterocycles. The van der Waals surface area contributed by atoms with Crippen molar-refractivity contribution in [3.63, 3.8) is 0 Å². The Labute approximate surface area is 161 Å². The molecule has 0 aromatic carbocycles. The summed E-state index contributed by atoms with van der Waals surface area (Å²) in [5.41, 5.74) is 8.26. The molecule has 0 amide bonds. The number of nitrogens with two attached hydrogens (primary N) is 1. The number of rotatable bonds is 3. The maximum absolute atomic E-state index is 6.19. The first kappa shape index (κ1) is 17.5. The molecule has 0 bridgehead atoms. The van der Waals surface area contributed by atoms with Crippen LogP contribution < -0.4 is 16.0 Å². The molecule has 2 aromatic heterocycles. The molecule has 26 heavy (non-hydrogen) atoms. The Morgan fingerprint density at radius 1 is 1.35 bits per heavy atom. The number of aliphatic imine (C=N–C) groups is 1. The summed E-state index contributed by atoms with van der Waals surface area (Å²) in [5.74, 6) is 1.51. The van der Waals surface area contributed by atoms with Crippen molar-refractivity contribution >= 4 is 40.5 Å². The number of halogens is 2. The summed E-state index contributed by atoms with van der Waals surface area (Å²) in [7, 11) is 0. The normalized spacial score (nSPS) is 21.7. The van der Waals surface area contributed by atoms with Crippen LogP contribution in [-0.4, -0.2) is 40.4 Å². The highest BCUT2D eigenvalue weighted by atomic mass is 35.5. The zero-order chi connectivity index (χ0) is 18.3. The number of hydrogen-bond donors (Lipinski definition) is 2. The number of nitrogens with zero attached hydrogens (tertiary/aromatic N) is 5. The lowest BCUT2D eigenvalue weighted by atomic mass is 9.90. The lowest BCUT2D eigenvalue weighted by Crippen LogP contribution is -2.31. The molecular formula is C17H19Cl2N7. The summed E-state index contributed by atoms with van der Waals surface area (Å²) < 4.78 is 0. The zero-order valence-electron chi connectivity index (χ0n) is 14.3. The van der Waals surface area contributed by atoms with Crippen LogP contribution in [0.2, 0.25) is 10.2 Å². The molecule has 1 atom stereocenters. The van der Waals surface area contributed by atoms with Crippen LogP contribution in [0.1, 0.15) is 24.7 Å². The Balaban J connectivity index is 1.54. The molecule has 136 valence electrons. The Morgan fingerprint density at radius 3 is 2.96 bits per heavy atom. The molecule has 3 N–H and O–H groups in total. The highest BCUT2D eigenvalue weighted by Crippen LogP contribution is 2.32. The smallest absolute Gasteiger partial charge is 0.154 e. The van der Waals surface area contributed by atoms with Gasteiger partial charge in [-0.15, -0.1) is 0 Å². The fourth-order valence-electron chi connectivity index (χ4n) is 3.23. The Bertz CT molecular complexity index is 885. The molecule has 4 rings (SSSR count). The first-order valence-electron chi connectivity index (χ1n) is 8.42. The third-order valence-corrected chi connectivity index (χ3v) is 5.68. The molecular weight excluding hydrogens is 373 g/mol. The van der Waals surface area contributed by atoms with Gasteiger partial charge in [-0.2, -0.15) is 0 Å². The third-order valence-electron chi connectivity index (χ3n) is 4.92. The van der Waals surface area contributed by atoms with E-state index in [1.54, 1.807) is 18.5 Å². The van der Waals surface area contributed by atoms with E-state index in [0.717, 1.165) is 36.7 Å². The average Bonchev–Trinajstić information content (AvgIpc) is 3.23. The van der Waals surface area contributed by atoms with Crippen molar-refractivity contribution in [3.05, 3.63) is 40.0 Å². The van der Waals surface area contributed by atoms with Gasteiger partial charge in [0.25, 0.3) is 0 Å². The monoisotopic (exact) mass is 391 g/mol. The molecule has 0 spiro atoms. The molecule has 2 aliphatic rings. The predicted octanol–water partition coefficient (Wildman–Crippen LogP) is 2.73. The molecule has 9 heteroatoms. The zero-order valence-corrected chi connectivity index (χ0v) is 15.8. The largest absolute Gasteiger partial charge is 0.355 e. The van der Waals surface area contributed by atoms with E-state index < -0.39 is 0 Å². The van der Waals surface area contributed by atoms with Gasteiger partial charge in [0.15, 0.2) is 5.84 Å². The predicted molar refractivity (Wildman–Crippen MR) is 104 cm³/mol. The van der Waals surface area contributed by atoms with Gasteiger partial charge in [-0.1, -0.05) is 30.1 Å². The minimum atomic E-state index is 0.140. The van der Waals surface area contributed by atoms with Crippen molar-refractivity contribution in [3.8, 4) is 0 Å². The van der Waals surface area contributed by atoms with Crippen LogP contribution in [0.3, 0.4) is 0 Å². The van der Waals surface area contributed by atoms with Crippen LogP contribution in [-0.2, 0) is 6.54 Å². The number of aromatic nitrogens is 3. The number of pyridine rings is 1. The van der Waals surface area contributed by atoms with E-state index in [1.807, 2.05) is 0 Å². The lowest BCUT2D eigenvalue weighted by Gasteiger charge is -2.23. The molecule has 2 aliphatic heterocycles. The molecule has 0 aliphatic carbocycles. The minimum Gasteiger partial charge on any atom is -0.355 e. The van der Waals surface area contributed by atoms with Crippen LogP contribution in [0.5, 0.6) is 0 Å². The van der Waals surface area contributed by atoms with Crippen molar-refractivity contribution in [2.24, 2.45) is 16.1 Å². The van der Waals surface area contributed by atoms with Gasteiger partial charge in [-0.05, 0) is 24.4 Å². The van der Waals surface area contributed by atoms with Crippen LogP contribution in [0.25, 0.3) is 0 Å². The topological polar surface area (TPSA) is 92.3 Å². The van der Waals surface area contributed by atoms with Gasteiger partial charge in [-0.3, -0.25) is 4.99 Å². The van der Waals surface area contributed by atoms with Gasteiger partial charge in [0.05, 0.1) is 24.1 Å². The summed E-state index contributed by atoms with van der Waals surface area (Å²) >= 11 is 12.1. The number of hydrogen-bond acceptors (Lipinski definition) is 7. The maximum atomic E-state index is 6.19. The van der Waals surface area contributed by atoms with E-state index in [9.17, 15) is 0 Å². The van der Waals surface area contributed by atoms with Gasteiger partial charge in [-0.25, -0.2) is 15.0 Å². The Morgan fingerprint density at radius 2 is 2.19 bits per heavy atom. The molecule has 1 fully saturated rings. The molecule has 0 radical (unpaired) electrons. The second-order valence-electron chi connectivity index (χ2n) is 6.96. The van der Waals surface area contributed by atoms with Gasteiger partial charge in [0.2, 0.25) is 0 Å². The fraction of sp³-hybridized carbons (Fsp3) is 0.412. The maximum Gasteiger partial charge on any atom is 0.154 e. The highest BCUT2D eigenvalue weighted by Gasteiger charge is 2.34. The standard InChI is InChI=1S/C17H19Cl2N7/c1-17(8-20)3-5-26(9-17)12-7-22-14-11(24-12)6-23-16(14)25-10-2-4-21-15(19)13(10)18/h2,4,7H,3,5-6,8-9,20H2,1H3,(H,21,23,25). The summed E-state index contributed by atoms with van der Waals surface area (Å²) in [6.07, 6.45) is 4.45. The molecule has 0 saturated carbocycles. The van der Waals surface area contributed by atoms with E-state index >= 15 is 0 Å². The number of fused-ring (bicyclic) bond motifs is 1. The van der Waals surface area contributed by atoms with E-state index in [0.29, 0.717) is 29.6 Å². The number of amidine groups is 1. The van der Waals surface area contributed by atoms with E-state index in [4.69, 9.17) is 33.9 Å². The molecule has 1 unspecified atom stereocenters. The Hall–Kier alpha value is -1.96. The van der Waals surface area contributed by atoms with Crippen molar-refractivity contribution in [2.45, 2.75) is 19.9 Å². The van der Waals surface area contributed by atoms with E-state index in [2.05, 4.69) is 32.1 Å². The SMILES string of the molecule is CC1(CN)CCN(c2cnc3c(n2)CN=C3Nc2ccnc(Cl)c2Cl)C1. The van der Waals surface area contributed by atoms with Gasteiger partial charge in [0.1, 0.15) is 21.7 Å². The van der Waals surface area contributed by atoms with Crippen molar-refractivity contribution in [1.29, 1.82) is 0 Å². The number of anilines is 2. The lowest BCUT2D eigenvalue weighted by molar-refractivity contribution is 0.383. The molecule has 1 saturated heterocycles. The third kappa shape index (κ3) is 3.11. The van der Waals surface area contributed by atoms with Gasteiger partial charge < -0.3 is 16.0 Å². The summed E-state index contributed by atoms with van der Waals surface area (Å²) in [6, 6.07) is 1.74. The highest BCUT2D eigenvalue weighted by molar-refractivity contribution is 6.43. The summed E-state index contributed by atoms with van der Waals surface area (Å²) in [5, 5.41) is 3.78. The van der Waals surface area contributed by atoms with Gasteiger partial charge >= 0.3 is 0 Å². The average molecular weight is 392 g/mol. The molecule has 7 nitrogen and oxygen atoms in total. The minimum absolute atomic E-state index is 0.140. The van der Waals surface area contributed by atoms with E-state index in [-0.39, 0.29) is 10.6 Å². The number of nitrogens with one attached hydrogen (secondary N) is 1. The van der Waals surface area contributed by atoms with Gasteiger partial charge in [0, 0.05) is 19.3 Å². The van der Waals surface area contributed by atoms with Crippen LogP contribution >= 0.6 is 23.2 Å². The van der Waals surface area contributed by atoms with Crippen LogP contribution in [0, 0.1) is 5.41 Å². The second kappa shape index (κ2) is 6.64. The summed E-state index contributed by atoms with van der Waals surface area (Å²) in [4.78, 5) is 20.0. The Kier molecular flexibility index (Phi) is 4.46.